The van der Waals surface area contributed by atoms with Gasteiger partial charge >= 0.3 is 0 Å². The molecule has 3 nitrogen and oxygen atoms in total. The van der Waals surface area contributed by atoms with Crippen LogP contribution in [0, 0.1) is 5.92 Å². The average molecular weight is 344 g/mol. The Labute approximate surface area is 126 Å². The van der Waals surface area contributed by atoms with Crippen molar-refractivity contribution in [2.75, 3.05) is 5.75 Å². The molecule has 1 rings (SSSR count). The van der Waals surface area contributed by atoms with E-state index < -0.39 is 6.04 Å². The second-order valence-electron chi connectivity index (χ2n) is 4.62. The molecule has 1 atom stereocenters. The Morgan fingerprint density at radius 1 is 1.32 bits per heavy atom. The maximum atomic E-state index is 11.8. The highest BCUT2D eigenvalue weighted by atomic mass is 79.9. The van der Waals surface area contributed by atoms with Crippen LogP contribution in [0.2, 0.25) is 0 Å². The Bertz CT molecular complexity index is 463. The maximum absolute atomic E-state index is 11.8. The van der Waals surface area contributed by atoms with E-state index in [-0.39, 0.29) is 17.6 Å². The molecule has 19 heavy (non-hydrogen) atoms. The third kappa shape index (κ3) is 5.37. The third-order valence-electron chi connectivity index (χ3n) is 2.62. The molecule has 1 unspecified atom stereocenters. The Balaban J connectivity index is 2.52. The summed E-state index contributed by atoms with van der Waals surface area (Å²) in [5.41, 5.74) is 0. The lowest BCUT2D eigenvalue weighted by molar-refractivity contribution is -0.126. The summed E-state index contributed by atoms with van der Waals surface area (Å²) in [5.74, 6) is 0.290. The zero-order chi connectivity index (χ0) is 14.4. The van der Waals surface area contributed by atoms with Crippen LogP contribution in [0.15, 0.2) is 33.6 Å². The number of hydrogen-bond acceptors (Lipinski definition) is 3. The van der Waals surface area contributed by atoms with Gasteiger partial charge < -0.3 is 5.32 Å². The minimum absolute atomic E-state index is 0.00533. The summed E-state index contributed by atoms with van der Waals surface area (Å²) in [6, 6.07) is 7.35. The molecule has 0 saturated carbocycles. The van der Waals surface area contributed by atoms with Crippen molar-refractivity contribution in [1.29, 1.82) is 0 Å². The van der Waals surface area contributed by atoms with Crippen molar-refractivity contribution in [3.63, 3.8) is 0 Å². The number of hydrogen-bond donors (Lipinski definition) is 1. The van der Waals surface area contributed by atoms with E-state index in [0.717, 1.165) is 9.37 Å². The first-order chi connectivity index (χ1) is 8.91. The van der Waals surface area contributed by atoms with E-state index in [1.807, 2.05) is 38.1 Å². The van der Waals surface area contributed by atoms with Crippen molar-refractivity contribution < 1.29 is 9.59 Å². The van der Waals surface area contributed by atoms with Gasteiger partial charge in [0, 0.05) is 9.37 Å². The van der Waals surface area contributed by atoms with Crippen LogP contribution in [0.3, 0.4) is 0 Å². The highest BCUT2D eigenvalue weighted by molar-refractivity contribution is 9.10. The molecule has 0 bridgehead atoms. The Morgan fingerprint density at radius 3 is 2.47 bits per heavy atom. The Kier molecular flexibility index (Phi) is 6.58. The lowest BCUT2D eigenvalue weighted by Crippen LogP contribution is -2.44. The summed E-state index contributed by atoms with van der Waals surface area (Å²) >= 11 is 4.89. The zero-order valence-electron chi connectivity index (χ0n) is 11.3. The molecule has 0 fully saturated rings. The second kappa shape index (κ2) is 7.70. The molecule has 0 aliphatic carbocycles. The van der Waals surface area contributed by atoms with Crippen LogP contribution in [0.5, 0.6) is 0 Å². The SMILES string of the molecule is CC(=O)C(NC(=O)CSc1ccccc1Br)C(C)C. The van der Waals surface area contributed by atoms with Gasteiger partial charge in [-0.15, -0.1) is 11.8 Å². The summed E-state index contributed by atoms with van der Waals surface area (Å²) in [6.45, 7) is 5.35. The van der Waals surface area contributed by atoms with Crippen LogP contribution in [-0.2, 0) is 9.59 Å². The van der Waals surface area contributed by atoms with Gasteiger partial charge in [-0.05, 0) is 40.9 Å². The van der Waals surface area contributed by atoms with E-state index in [9.17, 15) is 9.59 Å². The number of thioether (sulfide) groups is 1. The van der Waals surface area contributed by atoms with Crippen molar-refractivity contribution >= 4 is 39.4 Å². The van der Waals surface area contributed by atoms with Crippen LogP contribution < -0.4 is 5.32 Å². The van der Waals surface area contributed by atoms with Crippen LogP contribution in [0.1, 0.15) is 20.8 Å². The minimum atomic E-state index is -0.396. The quantitative estimate of drug-likeness (QED) is 0.806. The first-order valence-electron chi connectivity index (χ1n) is 6.09. The van der Waals surface area contributed by atoms with Gasteiger partial charge in [-0.2, -0.15) is 0 Å². The van der Waals surface area contributed by atoms with Crippen molar-refractivity contribution in [2.45, 2.75) is 31.7 Å². The first-order valence-corrected chi connectivity index (χ1v) is 7.86. The van der Waals surface area contributed by atoms with Crippen molar-refractivity contribution in [3.05, 3.63) is 28.7 Å². The number of rotatable bonds is 6. The fourth-order valence-electron chi connectivity index (χ4n) is 1.66. The molecule has 104 valence electrons. The van der Waals surface area contributed by atoms with E-state index in [0.29, 0.717) is 5.75 Å². The van der Waals surface area contributed by atoms with E-state index in [2.05, 4.69) is 21.2 Å². The Morgan fingerprint density at radius 2 is 1.95 bits per heavy atom. The highest BCUT2D eigenvalue weighted by Crippen LogP contribution is 2.26. The normalized spacial score (nSPS) is 12.3. The van der Waals surface area contributed by atoms with E-state index in [1.54, 1.807) is 0 Å². The largest absolute Gasteiger partial charge is 0.345 e. The number of nitrogens with one attached hydrogen (secondary N) is 1. The zero-order valence-corrected chi connectivity index (χ0v) is 13.7. The number of carbonyl (C=O) groups is 2. The molecular formula is C14H18BrNO2S. The maximum Gasteiger partial charge on any atom is 0.230 e. The number of Topliss-reactive ketones (excluding diaryl/α,β-unsaturated/α-hetero) is 1. The highest BCUT2D eigenvalue weighted by Gasteiger charge is 2.20. The third-order valence-corrected chi connectivity index (χ3v) is 4.64. The summed E-state index contributed by atoms with van der Waals surface area (Å²) in [5, 5.41) is 2.78. The molecule has 1 amide bonds. The number of benzene rings is 1. The molecule has 0 spiro atoms. The molecule has 0 aliphatic rings. The second-order valence-corrected chi connectivity index (χ2v) is 6.49. The molecule has 1 N–H and O–H groups in total. The van der Waals surface area contributed by atoms with Crippen molar-refractivity contribution in [3.8, 4) is 0 Å². The number of amides is 1. The molecule has 0 heterocycles. The van der Waals surface area contributed by atoms with Gasteiger partial charge in [-0.3, -0.25) is 9.59 Å². The standard InChI is InChI=1S/C14H18BrNO2S/c1-9(2)14(10(3)17)16-13(18)8-19-12-7-5-4-6-11(12)15/h4-7,9,14H,8H2,1-3H3,(H,16,18). The average Bonchev–Trinajstić information content (AvgIpc) is 2.34. The first kappa shape index (κ1) is 16.2. The smallest absolute Gasteiger partial charge is 0.230 e. The van der Waals surface area contributed by atoms with Crippen LogP contribution in [0.25, 0.3) is 0 Å². The topological polar surface area (TPSA) is 46.2 Å². The molecule has 1 aromatic rings. The molecule has 0 radical (unpaired) electrons. The molecule has 0 aromatic heterocycles. The van der Waals surface area contributed by atoms with Crippen molar-refractivity contribution in [1.82, 2.24) is 5.32 Å². The molecular weight excluding hydrogens is 326 g/mol. The fourth-order valence-corrected chi connectivity index (χ4v) is 3.04. The minimum Gasteiger partial charge on any atom is -0.345 e. The van der Waals surface area contributed by atoms with Gasteiger partial charge in [0.05, 0.1) is 11.8 Å². The number of carbonyl (C=O) groups excluding carboxylic acids is 2. The van der Waals surface area contributed by atoms with Gasteiger partial charge in [-0.1, -0.05) is 26.0 Å². The van der Waals surface area contributed by atoms with Crippen LogP contribution in [0.4, 0.5) is 0 Å². The van der Waals surface area contributed by atoms with E-state index in [1.165, 1.54) is 18.7 Å². The summed E-state index contributed by atoms with van der Waals surface area (Å²) < 4.78 is 0.972. The number of halogens is 1. The fraction of sp³-hybridized carbons (Fsp3) is 0.429. The molecule has 5 heteroatoms. The summed E-state index contributed by atoms with van der Waals surface area (Å²) in [6.07, 6.45) is 0. The summed E-state index contributed by atoms with van der Waals surface area (Å²) in [7, 11) is 0. The Hall–Kier alpha value is -0.810. The molecule has 0 aliphatic heterocycles. The van der Waals surface area contributed by atoms with Gasteiger partial charge in [0.15, 0.2) is 5.78 Å². The van der Waals surface area contributed by atoms with Crippen molar-refractivity contribution in [2.24, 2.45) is 5.92 Å². The predicted octanol–water partition coefficient (Wildman–Crippen LogP) is 3.27. The summed E-state index contributed by atoms with van der Waals surface area (Å²) in [4.78, 5) is 24.3. The van der Waals surface area contributed by atoms with Crippen LogP contribution in [-0.4, -0.2) is 23.5 Å². The lowest BCUT2D eigenvalue weighted by Gasteiger charge is -2.19. The lowest BCUT2D eigenvalue weighted by atomic mass is 10.0. The van der Waals surface area contributed by atoms with Crippen LogP contribution >= 0.6 is 27.7 Å². The number of ketones is 1. The van der Waals surface area contributed by atoms with Gasteiger partial charge in [0.1, 0.15) is 0 Å². The monoisotopic (exact) mass is 343 g/mol. The van der Waals surface area contributed by atoms with Gasteiger partial charge in [-0.25, -0.2) is 0 Å². The van der Waals surface area contributed by atoms with E-state index >= 15 is 0 Å². The van der Waals surface area contributed by atoms with Gasteiger partial charge in [0.2, 0.25) is 5.91 Å². The predicted molar refractivity (Wildman–Crippen MR) is 82.3 cm³/mol. The van der Waals surface area contributed by atoms with Gasteiger partial charge in [0.25, 0.3) is 0 Å². The van der Waals surface area contributed by atoms with E-state index in [4.69, 9.17) is 0 Å². The molecule has 0 saturated heterocycles. The molecule has 1 aromatic carbocycles.